The Labute approximate surface area is 155 Å². The van der Waals surface area contributed by atoms with Crippen molar-refractivity contribution in [2.45, 2.75) is 11.7 Å². The van der Waals surface area contributed by atoms with Crippen LogP contribution in [0.1, 0.15) is 11.1 Å². The van der Waals surface area contributed by atoms with E-state index >= 15 is 0 Å². The standard InChI is InChI=1S/C18H16ClN3O2S/c1-24-15-9-5-3-7-13(15)11-20-22-18-21-17(23)16(25-18)10-12-6-2-4-8-14(12)19/h2-9,11,16H,10H2,1H3,(H,21,22,23)/b20-11-/t16-/m1/s1. The summed E-state index contributed by atoms with van der Waals surface area (Å²) in [6, 6.07) is 15.0. The van der Waals surface area contributed by atoms with Crippen molar-refractivity contribution in [2.75, 3.05) is 7.11 Å². The highest BCUT2D eigenvalue weighted by Gasteiger charge is 2.30. The molecule has 0 spiro atoms. The molecular formula is C18H16ClN3O2S. The molecule has 0 bridgehead atoms. The monoisotopic (exact) mass is 373 g/mol. The summed E-state index contributed by atoms with van der Waals surface area (Å²) < 4.78 is 5.25. The van der Waals surface area contributed by atoms with Crippen LogP contribution in [0.2, 0.25) is 5.02 Å². The zero-order valence-corrected chi connectivity index (χ0v) is 15.1. The number of para-hydroxylation sites is 1. The van der Waals surface area contributed by atoms with Crippen molar-refractivity contribution in [3.63, 3.8) is 0 Å². The van der Waals surface area contributed by atoms with E-state index in [9.17, 15) is 4.79 Å². The number of nitrogens with zero attached hydrogens (tertiary/aromatic N) is 2. The molecule has 0 aromatic heterocycles. The van der Waals surface area contributed by atoms with Gasteiger partial charge in [-0.15, -0.1) is 5.10 Å². The lowest BCUT2D eigenvalue weighted by Crippen LogP contribution is -2.26. The number of carbonyl (C=O) groups is 1. The van der Waals surface area contributed by atoms with Crippen LogP contribution in [0.25, 0.3) is 0 Å². The van der Waals surface area contributed by atoms with Gasteiger partial charge >= 0.3 is 0 Å². The zero-order chi connectivity index (χ0) is 17.6. The maximum Gasteiger partial charge on any atom is 0.239 e. The molecule has 5 nitrogen and oxygen atoms in total. The Morgan fingerprint density at radius 3 is 2.80 bits per heavy atom. The lowest BCUT2D eigenvalue weighted by molar-refractivity contribution is -0.118. The van der Waals surface area contributed by atoms with E-state index in [4.69, 9.17) is 16.3 Å². The van der Waals surface area contributed by atoms with Crippen LogP contribution >= 0.6 is 23.4 Å². The number of amidine groups is 1. The number of halogens is 1. The Hall–Kier alpha value is -2.31. The lowest BCUT2D eigenvalue weighted by Gasteiger charge is -2.06. The van der Waals surface area contributed by atoms with Gasteiger partial charge in [0.15, 0.2) is 5.17 Å². The first-order valence-corrected chi connectivity index (χ1v) is 8.88. The number of carbonyl (C=O) groups excluding carboxylic acids is 1. The predicted octanol–water partition coefficient (Wildman–Crippen LogP) is 3.51. The van der Waals surface area contributed by atoms with Crippen LogP contribution < -0.4 is 10.1 Å². The SMILES string of the molecule is COc1ccccc1/C=N\N=C1/NC(=O)[C@@H](Cc2ccccc2Cl)S1. The highest BCUT2D eigenvalue weighted by molar-refractivity contribution is 8.15. The smallest absolute Gasteiger partial charge is 0.239 e. The van der Waals surface area contributed by atoms with E-state index < -0.39 is 0 Å². The Bertz CT molecular complexity index is 839. The molecule has 1 amide bonds. The van der Waals surface area contributed by atoms with Crippen LogP contribution in [0.3, 0.4) is 0 Å². The third-order valence-electron chi connectivity index (χ3n) is 3.62. The number of hydrogen-bond donors (Lipinski definition) is 1. The molecule has 1 saturated heterocycles. The highest BCUT2D eigenvalue weighted by Crippen LogP contribution is 2.26. The number of nitrogens with one attached hydrogen (secondary N) is 1. The van der Waals surface area contributed by atoms with Gasteiger partial charge in [-0.2, -0.15) is 5.10 Å². The minimum absolute atomic E-state index is 0.0869. The van der Waals surface area contributed by atoms with Gasteiger partial charge in [-0.05, 0) is 30.2 Å². The maximum absolute atomic E-state index is 12.1. The second kappa shape index (κ2) is 8.18. The topological polar surface area (TPSA) is 63.1 Å². The molecule has 1 aliphatic rings. The zero-order valence-electron chi connectivity index (χ0n) is 13.5. The van der Waals surface area contributed by atoms with Crippen molar-refractivity contribution < 1.29 is 9.53 Å². The number of methoxy groups -OCH3 is 1. The summed E-state index contributed by atoms with van der Waals surface area (Å²) in [5, 5.41) is 11.8. The Morgan fingerprint density at radius 1 is 1.24 bits per heavy atom. The number of hydrogen-bond acceptors (Lipinski definition) is 5. The van der Waals surface area contributed by atoms with E-state index in [0.717, 1.165) is 11.1 Å². The minimum Gasteiger partial charge on any atom is -0.496 e. The molecule has 1 heterocycles. The Kier molecular flexibility index (Phi) is 5.73. The molecule has 0 saturated carbocycles. The van der Waals surface area contributed by atoms with Gasteiger partial charge in [-0.25, -0.2) is 0 Å². The van der Waals surface area contributed by atoms with Crippen LogP contribution in [0, 0.1) is 0 Å². The van der Waals surface area contributed by atoms with Gasteiger partial charge in [0.1, 0.15) is 5.75 Å². The highest BCUT2D eigenvalue weighted by atomic mass is 35.5. The molecule has 3 rings (SSSR count). The molecule has 2 aromatic rings. The fourth-order valence-electron chi connectivity index (χ4n) is 2.37. The van der Waals surface area contributed by atoms with Crippen LogP contribution in [0.5, 0.6) is 5.75 Å². The summed E-state index contributed by atoms with van der Waals surface area (Å²) in [5.41, 5.74) is 1.76. The first kappa shape index (κ1) is 17.5. The van der Waals surface area contributed by atoms with Gasteiger partial charge in [0.25, 0.3) is 0 Å². The fourth-order valence-corrected chi connectivity index (χ4v) is 3.53. The molecule has 1 fully saturated rings. The van der Waals surface area contributed by atoms with Crippen molar-refractivity contribution in [3.05, 3.63) is 64.7 Å². The van der Waals surface area contributed by atoms with Gasteiger partial charge in [0, 0.05) is 10.6 Å². The molecule has 1 N–H and O–H groups in total. The number of thioether (sulfide) groups is 1. The summed E-state index contributed by atoms with van der Waals surface area (Å²) in [6.45, 7) is 0. The first-order valence-electron chi connectivity index (χ1n) is 7.62. The average molecular weight is 374 g/mol. The molecule has 128 valence electrons. The molecule has 1 aliphatic heterocycles. The summed E-state index contributed by atoms with van der Waals surface area (Å²) in [5.74, 6) is 0.627. The van der Waals surface area contributed by atoms with Crippen LogP contribution in [-0.2, 0) is 11.2 Å². The molecule has 1 atom stereocenters. The third-order valence-corrected chi connectivity index (χ3v) is 5.06. The van der Waals surface area contributed by atoms with Gasteiger partial charge in [-0.1, -0.05) is 53.7 Å². The van der Waals surface area contributed by atoms with Crippen molar-refractivity contribution in [1.82, 2.24) is 5.32 Å². The largest absolute Gasteiger partial charge is 0.496 e. The van der Waals surface area contributed by atoms with Crippen LogP contribution in [-0.4, -0.2) is 29.6 Å². The summed E-state index contributed by atoms with van der Waals surface area (Å²) in [4.78, 5) is 12.1. The third kappa shape index (κ3) is 4.41. The van der Waals surface area contributed by atoms with Gasteiger partial charge in [0.05, 0.1) is 18.6 Å². The molecule has 2 aromatic carbocycles. The van der Waals surface area contributed by atoms with E-state index in [1.807, 2.05) is 48.5 Å². The normalized spacial score (nSPS) is 18.7. The van der Waals surface area contributed by atoms with Gasteiger partial charge in [0.2, 0.25) is 5.91 Å². The molecule has 7 heteroatoms. The minimum atomic E-state index is -0.264. The quantitative estimate of drug-likeness (QED) is 0.644. The predicted molar refractivity (Wildman–Crippen MR) is 103 cm³/mol. The fraction of sp³-hybridized carbons (Fsp3) is 0.167. The first-order chi connectivity index (χ1) is 12.2. The number of benzene rings is 2. The van der Waals surface area contributed by atoms with Crippen LogP contribution in [0.15, 0.2) is 58.7 Å². The second-order valence-corrected chi connectivity index (χ2v) is 6.88. The lowest BCUT2D eigenvalue weighted by atomic mass is 10.1. The second-order valence-electron chi connectivity index (χ2n) is 5.28. The summed E-state index contributed by atoms with van der Waals surface area (Å²) in [6.07, 6.45) is 2.14. The molecular weight excluding hydrogens is 358 g/mol. The summed E-state index contributed by atoms with van der Waals surface area (Å²) in [7, 11) is 1.60. The molecule has 0 aliphatic carbocycles. The van der Waals surface area contributed by atoms with Crippen LogP contribution in [0.4, 0.5) is 0 Å². The Balaban J connectivity index is 1.67. The Morgan fingerprint density at radius 2 is 2.00 bits per heavy atom. The van der Waals surface area contributed by atoms with E-state index in [0.29, 0.717) is 22.4 Å². The average Bonchev–Trinajstić information content (AvgIpc) is 2.97. The van der Waals surface area contributed by atoms with Crippen molar-refractivity contribution >= 4 is 40.7 Å². The molecule has 0 radical (unpaired) electrons. The van der Waals surface area contributed by atoms with Crippen molar-refractivity contribution in [3.8, 4) is 5.75 Å². The summed E-state index contributed by atoms with van der Waals surface area (Å²) >= 11 is 7.51. The van der Waals surface area contributed by atoms with Crippen molar-refractivity contribution in [2.24, 2.45) is 10.2 Å². The van der Waals surface area contributed by atoms with E-state index in [1.165, 1.54) is 11.8 Å². The van der Waals surface area contributed by atoms with Gasteiger partial charge in [-0.3, -0.25) is 4.79 Å². The molecule has 25 heavy (non-hydrogen) atoms. The van der Waals surface area contributed by atoms with E-state index in [2.05, 4.69) is 15.5 Å². The number of ether oxygens (including phenoxy) is 1. The van der Waals surface area contributed by atoms with Gasteiger partial charge < -0.3 is 10.1 Å². The number of rotatable bonds is 5. The van der Waals surface area contributed by atoms with Crippen molar-refractivity contribution in [1.29, 1.82) is 0 Å². The number of amides is 1. The van der Waals surface area contributed by atoms with E-state index in [1.54, 1.807) is 13.3 Å². The van der Waals surface area contributed by atoms with E-state index in [-0.39, 0.29) is 11.2 Å². The maximum atomic E-state index is 12.1. The molecule has 0 unspecified atom stereocenters.